The van der Waals surface area contributed by atoms with Crippen molar-refractivity contribution in [3.05, 3.63) is 65.7 Å². The van der Waals surface area contributed by atoms with Crippen LogP contribution >= 0.6 is 0 Å². The Morgan fingerprint density at radius 2 is 1.74 bits per heavy atom. The van der Waals surface area contributed by atoms with Crippen LogP contribution in [0.4, 0.5) is 11.4 Å². The number of anilines is 2. The molecule has 5 nitrogen and oxygen atoms in total. The van der Waals surface area contributed by atoms with Crippen molar-refractivity contribution in [1.29, 1.82) is 0 Å². The third-order valence-electron chi connectivity index (χ3n) is 4.99. The maximum atomic E-state index is 13.1. The second-order valence-corrected chi connectivity index (χ2v) is 8.70. The van der Waals surface area contributed by atoms with Crippen molar-refractivity contribution in [3.63, 3.8) is 0 Å². The fraction of sp³-hybridized carbons (Fsp3) is 0.190. The quantitative estimate of drug-likeness (QED) is 0.747. The Bertz CT molecular complexity index is 1180. The van der Waals surface area contributed by atoms with Crippen LogP contribution in [0.25, 0.3) is 10.8 Å². The lowest BCUT2D eigenvalue weighted by Crippen LogP contribution is -2.44. The number of carbonyl (C=O) groups is 1. The first-order chi connectivity index (χ1) is 12.8. The number of aryl methyl sites for hydroxylation is 2. The van der Waals surface area contributed by atoms with E-state index in [1.807, 2.05) is 50.2 Å². The summed E-state index contributed by atoms with van der Waals surface area (Å²) in [5.74, 6) is -0.365. The number of amides is 1. The maximum Gasteiger partial charge on any atom is 0.265 e. The van der Waals surface area contributed by atoms with Crippen molar-refractivity contribution >= 4 is 38.1 Å². The number of nitrogens with zero attached hydrogens (tertiary/aromatic N) is 1. The molecular formula is C21H20N2O3S. The zero-order valence-corrected chi connectivity index (χ0v) is 16.2. The molecule has 0 saturated heterocycles. The highest BCUT2D eigenvalue weighted by Gasteiger charge is 2.40. The summed E-state index contributed by atoms with van der Waals surface area (Å²) in [6.07, 6.45) is 0. The molecule has 3 aromatic rings. The van der Waals surface area contributed by atoms with Gasteiger partial charge < -0.3 is 5.32 Å². The highest BCUT2D eigenvalue weighted by atomic mass is 32.2. The summed E-state index contributed by atoms with van der Waals surface area (Å²) in [7, 11) is -3.78. The van der Waals surface area contributed by atoms with Gasteiger partial charge in [0.05, 0.1) is 10.6 Å². The second kappa shape index (κ2) is 6.09. The summed E-state index contributed by atoms with van der Waals surface area (Å²) in [4.78, 5) is 13.1. The molecule has 0 fully saturated rings. The summed E-state index contributed by atoms with van der Waals surface area (Å²) in [6, 6.07) is 15.5. The van der Waals surface area contributed by atoms with Gasteiger partial charge in [0, 0.05) is 11.1 Å². The average molecular weight is 380 g/mol. The Morgan fingerprint density at radius 3 is 2.44 bits per heavy atom. The first-order valence-electron chi connectivity index (χ1n) is 8.75. The van der Waals surface area contributed by atoms with Crippen LogP contribution in [-0.2, 0) is 14.8 Å². The van der Waals surface area contributed by atoms with E-state index in [1.165, 1.54) is 4.31 Å². The smallest absolute Gasteiger partial charge is 0.265 e. The Kier molecular flexibility index (Phi) is 3.96. The molecule has 1 aliphatic heterocycles. The number of carbonyl (C=O) groups excluding carboxylic acids is 1. The number of sulfonamides is 1. The number of hydrogen-bond acceptors (Lipinski definition) is 3. The molecule has 0 bridgehead atoms. The van der Waals surface area contributed by atoms with Crippen molar-refractivity contribution < 1.29 is 13.2 Å². The molecular weight excluding hydrogens is 360 g/mol. The van der Waals surface area contributed by atoms with Gasteiger partial charge in [0.1, 0.15) is 6.04 Å². The van der Waals surface area contributed by atoms with Crippen molar-refractivity contribution in [1.82, 2.24) is 0 Å². The zero-order chi connectivity index (χ0) is 19.3. The van der Waals surface area contributed by atoms with Gasteiger partial charge in [-0.3, -0.25) is 9.10 Å². The monoisotopic (exact) mass is 380 g/mol. The fourth-order valence-corrected chi connectivity index (χ4v) is 5.50. The molecule has 0 spiro atoms. The minimum atomic E-state index is -3.78. The van der Waals surface area contributed by atoms with Crippen LogP contribution in [0, 0.1) is 13.8 Å². The third-order valence-corrected chi connectivity index (χ3v) is 6.92. The minimum absolute atomic E-state index is 0.252. The lowest BCUT2D eigenvalue weighted by molar-refractivity contribution is -0.116. The van der Waals surface area contributed by atoms with Gasteiger partial charge in [-0.15, -0.1) is 0 Å². The average Bonchev–Trinajstić information content (AvgIpc) is 2.86. The molecule has 1 heterocycles. The number of benzene rings is 3. The topological polar surface area (TPSA) is 66.5 Å². The zero-order valence-electron chi connectivity index (χ0n) is 15.4. The molecule has 138 valence electrons. The van der Waals surface area contributed by atoms with Crippen LogP contribution in [0.2, 0.25) is 0 Å². The first kappa shape index (κ1) is 17.5. The van der Waals surface area contributed by atoms with Crippen molar-refractivity contribution in [2.24, 2.45) is 0 Å². The van der Waals surface area contributed by atoms with Gasteiger partial charge in [0.2, 0.25) is 5.91 Å². The summed E-state index contributed by atoms with van der Waals surface area (Å²) in [5.41, 5.74) is 3.27. The highest BCUT2D eigenvalue weighted by Crippen LogP contribution is 2.43. The van der Waals surface area contributed by atoms with Crippen LogP contribution in [-0.4, -0.2) is 20.4 Å². The molecule has 6 heteroatoms. The summed E-state index contributed by atoms with van der Waals surface area (Å²) < 4.78 is 27.5. The van der Waals surface area contributed by atoms with Crippen molar-refractivity contribution in [2.75, 3.05) is 9.62 Å². The second-order valence-electron chi connectivity index (χ2n) is 6.92. The first-order valence-corrected chi connectivity index (χ1v) is 10.2. The van der Waals surface area contributed by atoms with E-state index in [1.54, 1.807) is 25.1 Å². The molecule has 0 aromatic heterocycles. The van der Waals surface area contributed by atoms with Crippen LogP contribution in [0.3, 0.4) is 0 Å². The van der Waals surface area contributed by atoms with E-state index >= 15 is 0 Å². The normalized spacial score (nSPS) is 15.7. The van der Waals surface area contributed by atoms with Crippen molar-refractivity contribution in [3.8, 4) is 0 Å². The molecule has 1 N–H and O–H groups in total. The van der Waals surface area contributed by atoms with E-state index < -0.39 is 16.1 Å². The van der Waals surface area contributed by atoms with E-state index in [-0.39, 0.29) is 10.8 Å². The van der Waals surface area contributed by atoms with Gasteiger partial charge in [-0.05, 0) is 49.9 Å². The Labute approximate surface area is 158 Å². The van der Waals surface area contributed by atoms with Crippen LogP contribution in [0.15, 0.2) is 59.5 Å². The molecule has 0 aliphatic carbocycles. The van der Waals surface area contributed by atoms with Crippen LogP contribution < -0.4 is 9.62 Å². The van der Waals surface area contributed by atoms with Crippen LogP contribution in [0.1, 0.15) is 18.1 Å². The predicted octanol–water partition coefficient (Wildman–Crippen LogP) is 3.99. The van der Waals surface area contributed by atoms with E-state index in [9.17, 15) is 13.2 Å². The molecule has 27 heavy (non-hydrogen) atoms. The van der Waals surface area contributed by atoms with E-state index in [0.29, 0.717) is 16.8 Å². The van der Waals surface area contributed by atoms with Crippen LogP contribution in [0.5, 0.6) is 0 Å². The number of hydrogen-bond donors (Lipinski definition) is 1. The largest absolute Gasteiger partial charge is 0.324 e. The van der Waals surface area contributed by atoms with Gasteiger partial charge in [-0.1, -0.05) is 42.0 Å². The molecule has 0 unspecified atom stereocenters. The standard InChI is InChI=1S/C21H20N2O3S/c1-13-10-11-17(14(2)12-13)22-21(24)15(3)23-18-8-4-6-16-7-5-9-19(20(16)18)27(23,25)26/h4-12,15H,1-3H3,(H,22,24)/t15-/m0/s1. The van der Waals surface area contributed by atoms with E-state index in [2.05, 4.69) is 5.32 Å². The van der Waals surface area contributed by atoms with Gasteiger partial charge in [-0.25, -0.2) is 8.42 Å². The lowest BCUT2D eigenvalue weighted by Gasteiger charge is -2.25. The summed E-state index contributed by atoms with van der Waals surface area (Å²) >= 11 is 0. The van der Waals surface area contributed by atoms with Gasteiger partial charge in [0.15, 0.2) is 0 Å². The molecule has 3 aromatic carbocycles. The molecule has 1 aliphatic rings. The predicted molar refractivity (Wildman–Crippen MR) is 108 cm³/mol. The lowest BCUT2D eigenvalue weighted by atomic mass is 10.1. The highest BCUT2D eigenvalue weighted by molar-refractivity contribution is 7.93. The number of nitrogens with one attached hydrogen (secondary N) is 1. The maximum absolute atomic E-state index is 13.1. The Hall–Kier alpha value is -2.86. The molecule has 4 rings (SSSR count). The van der Waals surface area contributed by atoms with Gasteiger partial charge >= 0.3 is 0 Å². The Balaban J connectivity index is 1.73. The minimum Gasteiger partial charge on any atom is -0.324 e. The molecule has 0 saturated carbocycles. The van der Waals surface area contributed by atoms with E-state index in [4.69, 9.17) is 0 Å². The van der Waals surface area contributed by atoms with Gasteiger partial charge in [0.25, 0.3) is 10.0 Å². The van der Waals surface area contributed by atoms with Crippen molar-refractivity contribution in [2.45, 2.75) is 31.7 Å². The van der Waals surface area contributed by atoms with E-state index in [0.717, 1.165) is 16.5 Å². The molecule has 1 amide bonds. The van der Waals surface area contributed by atoms with Gasteiger partial charge in [-0.2, -0.15) is 0 Å². The Morgan fingerprint density at radius 1 is 1.04 bits per heavy atom. The molecule has 0 radical (unpaired) electrons. The summed E-state index contributed by atoms with van der Waals surface area (Å²) in [6.45, 7) is 5.51. The third kappa shape index (κ3) is 2.68. The number of rotatable bonds is 3. The SMILES string of the molecule is Cc1ccc(NC(=O)[C@H](C)N2c3cccc4cccc(c34)S2(=O)=O)c(C)c1. The summed E-state index contributed by atoms with van der Waals surface area (Å²) in [5, 5.41) is 4.38. The fourth-order valence-electron chi connectivity index (χ4n) is 3.64. The molecule has 1 atom stereocenters.